The van der Waals surface area contributed by atoms with Crippen LogP contribution in [0.15, 0.2) is 0 Å². The van der Waals surface area contributed by atoms with Crippen LogP contribution in [-0.4, -0.2) is 64.1 Å². The molecule has 1 saturated heterocycles. The summed E-state index contributed by atoms with van der Waals surface area (Å²) in [6.07, 6.45) is 0.348. The van der Waals surface area contributed by atoms with Crippen molar-refractivity contribution in [1.82, 2.24) is 10.2 Å². The van der Waals surface area contributed by atoms with Gasteiger partial charge in [0, 0.05) is 33.3 Å². The molecule has 1 aliphatic rings. The largest absolute Gasteiger partial charge is 0.383 e. The van der Waals surface area contributed by atoms with Crippen molar-refractivity contribution in [2.75, 3.05) is 53.0 Å². The van der Waals surface area contributed by atoms with Crippen LogP contribution in [0.2, 0.25) is 0 Å². The van der Waals surface area contributed by atoms with Gasteiger partial charge in [0.2, 0.25) is 0 Å². The third kappa shape index (κ3) is 4.37. The lowest BCUT2D eigenvalue weighted by Crippen LogP contribution is -2.46. The number of methoxy groups -OCH3 is 1. The lowest BCUT2D eigenvalue weighted by molar-refractivity contribution is -0.0256. The molecular weight excluding hydrogens is 180 g/mol. The Morgan fingerprint density at radius 2 is 2.43 bits per heavy atom. The minimum absolute atomic E-state index is 0.348. The third-order valence-electron chi connectivity index (χ3n) is 2.53. The highest BCUT2D eigenvalue weighted by molar-refractivity contribution is 4.72. The molecule has 0 radical (unpaired) electrons. The fourth-order valence-corrected chi connectivity index (χ4v) is 1.63. The van der Waals surface area contributed by atoms with E-state index in [1.165, 1.54) is 0 Å². The zero-order valence-electron chi connectivity index (χ0n) is 9.29. The van der Waals surface area contributed by atoms with Gasteiger partial charge in [-0.25, -0.2) is 0 Å². The maximum absolute atomic E-state index is 5.65. The monoisotopic (exact) mass is 202 g/mol. The van der Waals surface area contributed by atoms with E-state index in [-0.39, 0.29) is 0 Å². The molecule has 0 bridgehead atoms. The predicted molar refractivity (Wildman–Crippen MR) is 56.6 cm³/mol. The summed E-state index contributed by atoms with van der Waals surface area (Å²) in [6.45, 7) is 8.91. The molecule has 1 atom stereocenters. The standard InChI is InChI=1S/C10H22N2O2/c1-3-12-5-7-14-10(9-12)8-11-4-6-13-2/h10-11H,3-9H2,1-2H3. The molecule has 4 heteroatoms. The van der Waals surface area contributed by atoms with Gasteiger partial charge in [-0.05, 0) is 6.54 Å². The Morgan fingerprint density at radius 3 is 3.14 bits per heavy atom. The number of rotatable bonds is 6. The second-order valence-corrected chi connectivity index (χ2v) is 3.58. The molecule has 0 aromatic carbocycles. The minimum atomic E-state index is 0.348. The molecule has 14 heavy (non-hydrogen) atoms. The van der Waals surface area contributed by atoms with Crippen LogP contribution in [0, 0.1) is 0 Å². The summed E-state index contributed by atoms with van der Waals surface area (Å²) in [6, 6.07) is 0. The molecule has 0 aromatic heterocycles. The highest BCUT2D eigenvalue weighted by atomic mass is 16.5. The summed E-state index contributed by atoms with van der Waals surface area (Å²) in [7, 11) is 1.72. The van der Waals surface area contributed by atoms with E-state index in [0.29, 0.717) is 6.10 Å². The summed E-state index contributed by atoms with van der Waals surface area (Å²) in [5.74, 6) is 0. The Balaban J connectivity index is 2.05. The molecule has 4 nitrogen and oxygen atoms in total. The van der Waals surface area contributed by atoms with Crippen molar-refractivity contribution in [3.05, 3.63) is 0 Å². The second-order valence-electron chi connectivity index (χ2n) is 3.58. The average Bonchev–Trinajstić information content (AvgIpc) is 2.25. The summed E-state index contributed by atoms with van der Waals surface area (Å²) in [5, 5.41) is 3.32. The first-order chi connectivity index (χ1) is 6.86. The zero-order chi connectivity index (χ0) is 10.2. The van der Waals surface area contributed by atoms with E-state index in [2.05, 4.69) is 17.1 Å². The molecule has 0 spiro atoms. The fourth-order valence-electron chi connectivity index (χ4n) is 1.63. The van der Waals surface area contributed by atoms with E-state index in [0.717, 1.165) is 45.9 Å². The van der Waals surface area contributed by atoms with Gasteiger partial charge in [-0.2, -0.15) is 0 Å². The third-order valence-corrected chi connectivity index (χ3v) is 2.53. The molecule has 1 fully saturated rings. The highest BCUT2D eigenvalue weighted by Crippen LogP contribution is 2.03. The van der Waals surface area contributed by atoms with E-state index in [1.54, 1.807) is 7.11 Å². The van der Waals surface area contributed by atoms with Gasteiger partial charge in [0.05, 0.1) is 19.3 Å². The second kappa shape index (κ2) is 7.17. The molecule has 0 amide bonds. The number of hydrogen-bond acceptors (Lipinski definition) is 4. The van der Waals surface area contributed by atoms with E-state index < -0.39 is 0 Å². The van der Waals surface area contributed by atoms with Crippen LogP contribution < -0.4 is 5.32 Å². The summed E-state index contributed by atoms with van der Waals surface area (Å²) in [5.41, 5.74) is 0. The van der Waals surface area contributed by atoms with Crippen molar-refractivity contribution in [2.24, 2.45) is 0 Å². The smallest absolute Gasteiger partial charge is 0.0826 e. The van der Waals surface area contributed by atoms with Crippen molar-refractivity contribution in [1.29, 1.82) is 0 Å². The van der Waals surface area contributed by atoms with Gasteiger partial charge < -0.3 is 14.8 Å². The van der Waals surface area contributed by atoms with Crippen LogP contribution in [0.25, 0.3) is 0 Å². The molecule has 1 unspecified atom stereocenters. The Bertz CT molecular complexity index is 144. The molecule has 1 N–H and O–H groups in total. The van der Waals surface area contributed by atoms with E-state index in [1.807, 2.05) is 0 Å². The SMILES string of the molecule is CCN1CCOC(CNCCOC)C1. The van der Waals surface area contributed by atoms with Crippen molar-refractivity contribution in [3.63, 3.8) is 0 Å². The van der Waals surface area contributed by atoms with Crippen molar-refractivity contribution < 1.29 is 9.47 Å². The van der Waals surface area contributed by atoms with Gasteiger partial charge in [-0.1, -0.05) is 6.92 Å². The zero-order valence-corrected chi connectivity index (χ0v) is 9.29. The first-order valence-corrected chi connectivity index (χ1v) is 5.40. The van der Waals surface area contributed by atoms with Crippen molar-refractivity contribution in [2.45, 2.75) is 13.0 Å². The number of hydrogen-bond donors (Lipinski definition) is 1. The summed E-state index contributed by atoms with van der Waals surface area (Å²) < 4.78 is 10.6. The van der Waals surface area contributed by atoms with Crippen LogP contribution in [-0.2, 0) is 9.47 Å². The van der Waals surface area contributed by atoms with Crippen LogP contribution in [0.4, 0.5) is 0 Å². The lowest BCUT2D eigenvalue weighted by Gasteiger charge is -2.32. The van der Waals surface area contributed by atoms with E-state index in [9.17, 15) is 0 Å². The van der Waals surface area contributed by atoms with E-state index >= 15 is 0 Å². The molecule has 1 aliphatic heterocycles. The molecule has 84 valence electrons. The van der Waals surface area contributed by atoms with Gasteiger partial charge in [-0.3, -0.25) is 4.90 Å². The molecule has 1 rings (SSSR count). The predicted octanol–water partition coefficient (Wildman–Crippen LogP) is -0.0569. The topological polar surface area (TPSA) is 33.7 Å². The van der Waals surface area contributed by atoms with Crippen molar-refractivity contribution >= 4 is 0 Å². The number of nitrogens with zero attached hydrogens (tertiary/aromatic N) is 1. The molecule has 1 heterocycles. The molecule has 0 aliphatic carbocycles. The Labute approximate surface area is 86.6 Å². The molecule has 0 aromatic rings. The van der Waals surface area contributed by atoms with Crippen LogP contribution >= 0.6 is 0 Å². The summed E-state index contributed by atoms with van der Waals surface area (Å²) in [4.78, 5) is 2.42. The van der Waals surface area contributed by atoms with E-state index in [4.69, 9.17) is 9.47 Å². The Kier molecular flexibility index (Phi) is 6.10. The number of ether oxygens (including phenoxy) is 2. The quantitative estimate of drug-likeness (QED) is 0.612. The first kappa shape index (κ1) is 11.9. The number of morpholine rings is 1. The number of nitrogens with one attached hydrogen (secondary N) is 1. The average molecular weight is 202 g/mol. The van der Waals surface area contributed by atoms with Gasteiger partial charge in [0.25, 0.3) is 0 Å². The van der Waals surface area contributed by atoms with Crippen LogP contribution in [0.5, 0.6) is 0 Å². The maximum atomic E-state index is 5.65. The van der Waals surface area contributed by atoms with Gasteiger partial charge in [0.15, 0.2) is 0 Å². The summed E-state index contributed by atoms with van der Waals surface area (Å²) >= 11 is 0. The van der Waals surface area contributed by atoms with Crippen LogP contribution in [0.3, 0.4) is 0 Å². The highest BCUT2D eigenvalue weighted by Gasteiger charge is 2.18. The normalized spacial score (nSPS) is 24.0. The van der Waals surface area contributed by atoms with Crippen molar-refractivity contribution in [3.8, 4) is 0 Å². The molecule has 0 saturated carbocycles. The fraction of sp³-hybridized carbons (Fsp3) is 1.00. The van der Waals surface area contributed by atoms with Gasteiger partial charge >= 0.3 is 0 Å². The van der Waals surface area contributed by atoms with Crippen LogP contribution in [0.1, 0.15) is 6.92 Å². The van der Waals surface area contributed by atoms with Gasteiger partial charge in [-0.15, -0.1) is 0 Å². The molecular formula is C10H22N2O2. The minimum Gasteiger partial charge on any atom is -0.383 e. The lowest BCUT2D eigenvalue weighted by atomic mass is 10.2. The first-order valence-electron chi connectivity index (χ1n) is 5.40. The van der Waals surface area contributed by atoms with Gasteiger partial charge in [0.1, 0.15) is 0 Å². The maximum Gasteiger partial charge on any atom is 0.0826 e. The Morgan fingerprint density at radius 1 is 1.57 bits per heavy atom. The Hall–Kier alpha value is -0.160. The number of likely N-dealkylation sites (N-methyl/N-ethyl adjacent to an activating group) is 1.